The minimum atomic E-state index is 0.178. The number of hydrogen-bond acceptors (Lipinski definition) is 2. The van der Waals surface area contributed by atoms with Gasteiger partial charge < -0.3 is 9.47 Å². The van der Waals surface area contributed by atoms with Crippen molar-refractivity contribution in [1.82, 2.24) is 4.57 Å². The highest BCUT2D eigenvalue weighted by Crippen LogP contribution is 2.65. The minimum absolute atomic E-state index is 0.178. The molecule has 44 heavy (non-hydrogen) atoms. The average Bonchev–Trinajstić information content (AvgIpc) is 3.65. The van der Waals surface area contributed by atoms with Gasteiger partial charge in [0.15, 0.2) is 0 Å². The van der Waals surface area contributed by atoms with Crippen LogP contribution in [0.4, 0.5) is 11.4 Å². The number of fused-ring (bicyclic) bond motifs is 13. The lowest BCUT2D eigenvalue weighted by Crippen LogP contribution is -2.55. The van der Waals surface area contributed by atoms with Crippen LogP contribution in [0, 0.1) is 0 Å². The molecule has 204 valence electrons. The smallest absolute Gasteiger partial charge is 0.249 e. The molecule has 11 rings (SSSR count). The highest BCUT2D eigenvalue weighted by Gasteiger charge is 2.53. The van der Waals surface area contributed by atoms with E-state index in [1.165, 1.54) is 77.1 Å². The molecular formula is C40H25BN2S. The van der Waals surface area contributed by atoms with Crippen LogP contribution in [0.1, 0.15) is 22.3 Å². The van der Waals surface area contributed by atoms with Crippen LogP contribution in [-0.4, -0.2) is 11.3 Å². The Morgan fingerprint density at radius 2 is 1.25 bits per heavy atom. The van der Waals surface area contributed by atoms with E-state index in [0.29, 0.717) is 5.25 Å². The first-order valence-electron chi connectivity index (χ1n) is 15.5. The summed E-state index contributed by atoms with van der Waals surface area (Å²) >= 11 is 2.07. The molecule has 0 N–H and O–H groups in total. The first kappa shape index (κ1) is 23.5. The number of anilines is 2. The molecule has 7 aromatic rings. The Morgan fingerprint density at radius 3 is 2.14 bits per heavy atom. The van der Waals surface area contributed by atoms with Gasteiger partial charge in [-0.2, -0.15) is 0 Å². The summed E-state index contributed by atoms with van der Waals surface area (Å²) < 4.78 is 2.55. The predicted molar refractivity (Wildman–Crippen MR) is 186 cm³/mol. The van der Waals surface area contributed by atoms with Gasteiger partial charge in [0, 0.05) is 44.5 Å². The van der Waals surface area contributed by atoms with Crippen LogP contribution < -0.4 is 15.8 Å². The summed E-state index contributed by atoms with van der Waals surface area (Å²) in [6.07, 6.45) is 0. The largest absolute Gasteiger partial charge is 0.310 e. The van der Waals surface area contributed by atoms with Gasteiger partial charge in [-0.3, -0.25) is 0 Å². The summed E-state index contributed by atoms with van der Waals surface area (Å²) in [5, 5.41) is 4.39. The minimum Gasteiger partial charge on any atom is -0.310 e. The molecule has 4 heteroatoms. The molecule has 2 atom stereocenters. The Hall–Kier alpha value is -4.93. The number of thioether (sulfide) groups is 1. The van der Waals surface area contributed by atoms with Crippen LogP contribution in [-0.2, 0) is 0 Å². The first-order valence-corrected chi connectivity index (χ1v) is 16.4. The van der Waals surface area contributed by atoms with Crippen LogP contribution in [0.15, 0.2) is 150 Å². The molecule has 6 aromatic carbocycles. The Balaban J connectivity index is 1.29. The number of nitrogens with zero attached hydrogens (tertiary/aromatic N) is 2. The normalized spacial score (nSPS) is 18.6. The van der Waals surface area contributed by atoms with E-state index in [-0.39, 0.29) is 12.6 Å². The van der Waals surface area contributed by atoms with Crippen molar-refractivity contribution in [1.29, 1.82) is 0 Å². The second-order valence-corrected chi connectivity index (χ2v) is 13.5. The molecule has 2 unspecified atom stereocenters. The van der Waals surface area contributed by atoms with E-state index < -0.39 is 0 Å². The summed E-state index contributed by atoms with van der Waals surface area (Å²) in [7, 11) is 0. The van der Waals surface area contributed by atoms with Crippen molar-refractivity contribution in [2.45, 2.75) is 11.2 Å². The maximum absolute atomic E-state index is 2.58. The fourth-order valence-corrected chi connectivity index (χ4v) is 10.5. The van der Waals surface area contributed by atoms with Crippen LogP contribution in [0.3, 0.4) is 0 Å². The van der Waals surface area contributed by atoms with Gasteiger partial charge in [0.2, 0.25) is 6.71 Å². The molecule has 4 heterocycles. The standard InChI is InChI=1S/C40H25BN2S/c1-2-12-24(13-3-1)42-33-22-11-23-34-36(33)41(31-20-10-19-29-27-16-8-9-21-32(27)43(34)38(29)31)37-35-28-17-6-4-14-25(28)26-15-5-7-18-30(26)39(35)44-40(37)42/h1-23,35,39H. The van der Waals surface area contributed by atoms with Gasteiger partial charge in [0.25, 0.3) is 0 Å². The number of aromatic nitrogens is 1. The number of rotatable bonds is 1. The molecular weight excluding hydrogens is 551 g/mol. The Labute approximate surface area is 260 Å². The Bertz CT molecular complexity index is 2400. The molecule has 3 aliphatic heterocycles. The molecule has 0 saturated carbocycles. The van der Waals surface area contributed by atoms with E-state index in [4.69, 9.17) is 0 Å². The maximum Gasteiger partial charge on any atom is 0.249 e. The quantitative estimate of drug-likeness (QED) is 0.181. The highest BCUT2D eigenvalue weighted by atomic mass is 32.2. The maximum atomic E-state index is 2.58. The van der Waals surface area contributed by atoms with E-state index in [9.17, 15) is 0 Å². The van der Waals surface area contributed by atoms with Crippen LogP contribution in [0.25, 0.3) is 38.6 Å². The van der Waals surface area contributed by atoms with Crippen molar-refractivity contribution in [2.24, 2.45) is 0 Å². The topological polar surface area (TPSA) is 8.17 Å². The summed E-state index contributed by atoms with van der Waals surface area (Å²) in [4.78, 5) is 2.58. The summed E-state index contributed by atoms with van der Waals surface area (Å²) in [5.41, 5.74) is 16.6. The lowest BCUT2D eigenvalue weighted by Gasteiger charge is -2.41. The van der Waals surface area contributed by atoms with Crippen LogP contribution >= 0.6 is 11.8 Å². The molecule has 4 aliphatic rings. The van der Waals surface area contributed by atoms with Gasteiger partial charge in [-0.15, -0.1) is 0 Å². The SMILES string of the molecule is c1ccc(N2C3=C(B4c5c2cccc5-n2c5ccccc5c5cccc4c52)C2c4ccccc4-c4ccccc4C2S3)cc1. The fourth-order valence-electron chi connectivity index (χ4n) is 8.79. The predicted octanol–water partition coefficient (Wildman–Crippen LogP) is 8.86. The molecule has 0 spiro atoms. The van der Waals surface area contributed by atoms with Crippen molar-refractivity contribution < 1.29 is 0 Å². The molecule has 0 fully saturated rings. The molecule has 0 amide bonds. The van der Waals surface area contributed by atoms with Crippen molar-refractivity contribution in [3.8, 4) is 16.8 Å². The third-order valence-corrected chi connectivity index (χ3v) is 11.8. The summed E-state index contributed by atoms with van der Waals surface area (Å²) in [5.74, 6) is 0.282. The monoisotopic (exact) mass is 576 g/mol. The molecule has 0 radical (unpaired) electrons. The third kappa shape index (κ3) is 2.77. The lowest BCUT2D eigenvalue weighted by molar-refractivity contribution is 0.799. The fraction of sp³-hybridized carbons (Fsp3) is 0.0500. The summed E-state index contributed by atoms with van der Waals surface area (Å²) in [6.45, 7) is 0.178. The van der Waals surface area contributed by atoms with E-state index >= 15 is 0 Å². The second-order valence-electron chi connectivity index (χ2n) is 12.4. The van der Waals surface area contributed by atoms with E-state index in [1.54, 1.807) is 5.47 Å². The number of hydrogen-bond donors (Lipinski definition) is 0. The highest BCUT2D eigenvalue weighted by molar-refractivity contribution is 8.03. The average molecular weight is 577 g/mol. The van der Waals surface area contributed by atoms with Crippen molar-refractivity contribution in [2.75, 3.05) is 4.90 Å². The van der Waals surface area contributed by atoms with Crippen molar-refractivity contribution >= 4 is 62.6 Å². The third-order valence-electron chi connectivity index (χ3n) is 10.4. The summed E-state index contributed by atoms with van der Waals surface area (Å²) in [6, 6.07) is 52.2. The van der Waals surface area contributed by atoms with Gasteiger partial charge in [-0.25, -0.2) is 0 Å². The van der Waals surface area contributed by atoms with Crippen molar-refractivity contribution in [3.63, 3.8) is 0 Å². The van der Waals surface area contributed by atoms with E-state index in [2.05, 4.69) is 161 Å². The van der Waals surface area contributed by atoms with E-state index in [1.807, 2.05) is 0 Å². The van der Waals surface area contributed by atoms with Crippen LogP contribution in [0.2, 0.25) is 0 Å². The molecule has 0 bridgehead atoms. The van der Waals surface area contributed by atoms with Crippen LogP contribution in [0.5, 0.6) is 0 Å². The van der Waals surface area contributed by atoms with Gasteiger partial charge in [0.05, 0.1) is 10.5 Å². The zero-order chi connectivity index (χ0) is 28.5. The van der Waals surface area contributed by atoms with E-state index in [0.717, 1.165) is 0 Å². The molecule has 0 saturated heterocycles. The van der Waals surface area contributed by atoms with Gasteiger partial charge >= 0.3 is 0 Å². The van der Waals surface area contributed by atoms with Gasteiger partial charge in [0.1, 0.15) is 0 Å². The number of allylic oxidation sites excluding steroid dienone is 1. The second kappa shape index (κ2) is 8.37. The number of benzene rings is 6. The zero-order valence-electron chi connectivity index (χ0n) is 23.8. The van der Waals surface area contributed by atoms with Gasteiger partial charge in [-0.05, 0) is 63.5 Å². The lowest BCUT2D eigenvalue weighted by atomic mass is 9.31. The first-order chi connectivity index (χ1) is 21.9. The van der Waals surface area contributed by atoms with Gasteiger partial charge in [-0.1, -0.05) is 126 Å². The number of para-hydroxylation sites is 3. The Morgan fingerprint density at radius 1 is 0.568 bits per heavy atom. The molecule has 1 aromatic heterocycles. The van der Waals surface area contributed by atoms with Crippen molar-refractivity contribution in [3.05, 3.63) is 161 Å². The molecule has 1 aliphatic carbocycles. The Kier molecular flexibility index (Phi) is 4.47. The molecule has 2 nitrogen and oxygen atoms in total. The zero-order valence-corrected chi connectivity index (χ0v) is 24.6.